The number of hydrogen-bond donors (Lipinski definition) is 2. The van der Waals surface area contributed by atoms with Gasteiger partial charge < -0.3 is 14.5 Å². The molecule has 0 saturated heterocycles. The lowest BCUT2D eigenvalue weighted by molar-refractivity contribution is -0.142. The average molecular weight is 310 g/mol. The third kappa shape index (κ3) is 3.99. The summed E-state index contributed by atoms with van der Waals surface area (Å²) in [4.78, 5) is 13.8. The minimum absolute atomic E-state index is 0.128. The van der Waals surface area contributed by atoms with Crippen molar-refractivity contribution in [3.63, 3.8) is 0 Å². The van der Waals surface area contributed by atoms with Crippen molar-refractivity contribution in [2.45, 2.75) is 4.90 Å². The van der Waals surface area contributed by atoms with Gasteiger partial charge in [0.05, 0.1) is 12.8 Å². The number of aromatic amines is 1. The average Bonchev–Trinajstić information content (AvgIpc) is 2.99. The van der Waals surface area contributed by atoms with Crippen LogP contribution in [-0.2, 0) is 19.6 Å². The van der Waals surface area contributed by atoms with Gasteiger partial charge in [-0.15, -0.1) is 0 Å². The fraction of sp³-hybridized carbons (Fsp3) is 0.154. The number of aromatic nitrogens is 1. The highest BCUT2D eigenvalue weighted by molar-refractivity contribution is 7.92. The lowest BCUT2D eigenvalue weighted by Gasteiger charge is -2.09. The fourth-order valence-corrected chi connectivity index (χ4v) is 2.57. The molecule has 0 saturated carbocycles. The number of carbonyl (C=O) groups excluding carboxylic acids is 1. The Morgan fingerprint density at radius 2 is 2.14 bits per heavy atom. The first-order valence-corrected chi connectivity index (χ1v) is 7.45. The van der Waals surface area contributed by atoms with Crippen molar-refractivity contribution in [2.75, 3.05) is 18.4 Å². The van der Waals surface area contributed by atoms with Crippen molar-refractivity contribution in [2.24, 2.45) is 0 Å². The van der Waals surface area contributed by atoms with E-state index in [4.69, 9.17) is 4.74 Å². The Bertz CT molecular complexity index is 710. The number of benzene rings is 1. The van der Waals surface area contributed by atoms with E-state index in [2.05, 4.69) is 14.4 Å². The number of carbonyl (C=O) groups is 1. The van der Waals surface area contributed by atoms with E-state index >= 15 is 0 Å². The zero-order chi connectivity index (χ0) is 15.3. The molecule has 0 amide bonds. The van der Waals surface area contributed by atoms with E-state index in [0.29, 0.717) is 11.4 Å². The molecule has 1 aromatic carbocycles. The van der Waals surface area contributed by atoms with Crippen molar-refractivity contribution in [1.29, 1.82) is 0 Å². The van der Waals surface area contributed by atoms with E-state index in [1.165, 1.54) is 31.6 Å². The van der Waals surface area contributed by atoms with Crippen LogP contribution in [-0.4, -0.2) is 33.1 Å². The smallest absolute Gasteiger partial charge is 0.343 e. The molecule has 0 radical (unpaired) electrons. The van der Waals surface area contributed by atoms with E-state index in [1.54, 1.807) is 18.2 Å². The van der Waals surface area contributed by atoms with Crippen LogP contribution in [0.1, 0.15) is 0 Å². The molecular weight excluding hydrogens is 296 g/mol. The molecule has 0 bridgehead atoms. The molecule has 0 aliphatic carbocycles. The lowest BCUT2D eigenvalue weighted by atomic mass is 10.3. The second-order valence-corrected chi connectivity index (χ2v) is 5.73. The molecule has 2 rings (SSSR count). The number of hydrogen-bond acceptors (Lipinski definition) is 5. The van der Waals surface area contributed by atoms with Gasteiger partial charge in [0.25, 0.3) is 10.0 Å². The number of rotatable bonds is 6. The van der Waals surface area contributed by atoms with Gasteiger partial charge in [0.1, 0.15) is 10.6 Å². The normalized spacial score (nSPS) is 10.9. The van der Waals surface area contributed by atoms with E-state index in [9.17, 15) is 13.2 Å². The molecule has 2 aromatic rings. The highest BCUT2D eigenvalue weighted by atomic mass is 32.2. The van der Waals surface area contributed by atoms with Crippen LogP contribution in [0.25, 0.3) is 0 Å². The quantitative estimate of drug-likeness (QED) is 0.785. The van der Waals surface area contributed by atoms with Crippen LogP contribution in [0.5, 0.6) is 5.75 Å². The summed E-state index contributed by atoms with van der Waals surface area (Å²) >= 11 is 0. The molecule has 2 N–H and O–H groups in total. The summed E-state index contributed by atoms with van der Waals surface area (Å²) in [5.41, 5.74) is 0.332. The molecule has 0 spiro atoms. The molecule has 21 heavy (non-hydrogen) atoms. The van der Waals surface area contributed by atoms with E-state index < -0.39 is 16.0 Å². The monoisotopic (exact) mass is 310 g/mol. The van der Waals surface area contributed by atoms with Gasteiger partial charge in [-0.1, -0.05) is 6.07 Å². The summed E-state index contributed by atoms with van der Waals surface area (Å²) in [7, 11) is -2.39. The minimum Gasteiger partial charge on any atom is -0.482 e. The summed E-state index contributed by atoms with van der Waals surface area (Å²) in [6, 6.07) is 7.72. The van der Waals surface area contributed by atoms with Gasteiger partial charge in [-0.25, -0.2) is 13.2 Å². The summed E-state index contributed by atoms with van der Waals surface area (Å²) in [5.74, 6) is -0.164. The topological polar surface area (TPSA) is 97.5 Å². The lowest BCUT2D eigenvalue weighted by Crippen LogP contribution is -2.14. The molecule has 7 nitrogen and oxygen atoms in total. The number of nitrogens with one attached hydrogen (secondary N) is 2. The zero-order valence-electron chi connectivity index (χ0n) is 11.2. The first-order valence-electron chi connectivity index (χ1n) is 5.96. The number of sulfonamides is 1. The van der Waals surface area contributed by atoms with Crippen molar-refractivity contribution >= 4 is 21.7 Å². The van der Waals surface area contributed by atoms with Crippen molar-refractivity contribution in [3.05, 3.63) is 42.7 Å². The Hall–Kier alpha value is -2.48. The molecule has 0 unspecified atom stereocenters. The predicted molar refractivity (Wildman–Crippen MR) is 75.6 cm³/mol. The summed E-state index contributed by atoms with van der Waals surface area (Å²) in [6.07, 6.45) is 2.89. The Labute approximate surface area is 121 Å². The Morgan fingerprint density at radius 3 is 2.81 bits per heavy atom. The van der Waals surface area contributed by atoms with Gasteiger partial charge in [0.2, 0.25) is 0 Å². The third-order valence-electron chi connectivity index (χ3n) is 2.55. The van der Waals surface area contributed by atoms with Crippen LogP contribution < -0.4 is 9.46 Å². The molecule has 1 heterocycles. The molecule has 1 aromatic heterocycles. The molecule has 0 aliphatic heterocycles. The van der Waals surface area contributed by atoms with Crippen LogP contribution >= 0.6 is 0 Å². The Morgan fingerprint density at radius 1 is 1.33 bits per heavy atom. The standard InChI is InChI=1S/C13H14N2O5S/c1-19-13(16)9-20-11-4-2-3-10(7-11)15-21(17,18)12-5-6-14-8-12/h2-8,14-15H,9H2,1H3. The number of esters is 1. The van der Waals surface area contributed by atoms with Gasteiger partial charge in [0, 0.05) is 18.5 Å². The first-order chi connectivity index (χ1) is 10.0. The molecule has 0 fully saturated rings. The first kappa shape index (κ1) is 14.9. The molecular formula is C13H14N2O5S. The molecule has 0 aliphatic rings. The number of anilines is 1. The Balaban J connectivity index is 2.09. The van der Waals surface area contributed by atoms with Crippen LogP contribution in [0.2, 0.25) is 0 Å². The Kier molecular flexibility index (Phi) is 4.49. The van der Waals surface area contributed by atoms with E-state index in [0.717, 1.165) is 0 Å². The highest BCUT2D eigenvalue weighted by Crippen LogP contribution is 2.20. The van der Waals surface area contributed by atoms with E-state index in [1.807, 2.05) is 0 Å². The van der Waals surface area contributed by atoms with Crippen molar-refractivity contribution < 1.29 is 22.7 Å². The number of H-pyrrole nitrogens is 1. The van der Waals surface area contributed by atoms with Crippen LogP contribution in [0, 0.1) is 0 Å². The van der Waals surface area contributed by atoms with Gasteiger partial charge in [-0.2, -0.15) is 0 Å². The second kappa shape index (κ2) is 6.31. The van der Waals surface area contributed by atoms with Gasteiger partial charge in [-0.3, -0.25) is 4.72 Å². The molecule has 8 heteroatoms. The summed E-state index contributed by atoms with van der Waals surface area (Å²) in [6.45, 7) is -0.246. The largest absolute Gasteiger partial charge is 0.482 e. The fourth-order valence-electron chi connectivity index (χ4n) is 1.54. The van der Waals surface area contributed by atoms with Gasteiger partial charge in [0.15, 0.2) is 6.61 Å². The molecule has 0 atom stereocenters. The summed E-state index contributed by atoms with van der Waals surface area (Å²) < 4.78 is 36.1. The SMILES string of the molecule is COC(=O)COc1cccc(NS(=O)(=O)c2cc[nH]c2)c1. The van der Waals surface area contributed by atoms with Crippen LogP contribution in [0.4, 0.5) is 5.69 Å². The molecule has 112 valence electrons. The van der Waals surface area contributed by atoms with Crippen LogP contribution in [0.15, 0.2) is 47.6 Å². The van der Waals surface area contributed by atoms with Gasteiger partial charge in [-0.05, 0) is 18.2 Å². The summed E-state index contributed by atoms with van der Waals surface area (Å²) in [5, 5.41) is 0. The van der Waals surface area contributed by atoms with E-state index in [-0.39, 0.29) is 11.5 Å². The number of methoxy groups -OCH3 is 1. The maximum atomic E-state index is 12.0. The van der Waals surface area contributed by atoms with Crippen molar-refractivity contribution in [1.82, 2.24) is 4.98 Å². The van der Waals surface area contributed by atoms with Crippen molar-refractivity contribution in [3.8, 4) is 5.75 Å². The number of ether oxygens (including phenoxy) is 2. The highest BCUT2D eigenvalue weighted by Gasteiger charge is 2.14. The second-order valence-electron chi connectivity index (χ2n) is 4.04. The maximum absolute atomic E-state index is 12.0. The predicted octanol–water partition coefficient (Wildman–Crippen LogP) is 1.37. The minimum atomic E-state index is -3.65. The zero-order valence-corrected chi connectivity index (χ0v) is 12.0. The maximum Gasteiger partial charge on any atom is 0.343 e. The third-order valence-corrected chi connectivity index (χ3v) is 3.93. The van der Waals surface area contributed by atoms with Gasteiger partial charge >= 0.3 is 5.97 Å². The van der Waals surface area contributed by atoms with Crippen LogP contribution in [0.3, 0.4) is 0 Å².